The first-order valence-corrected chi connectivity index (χ1v) is 5.45. The van der Waals surface area contributed by atoms with Gasteiger partial charge < -0.3 is 0 Å². The van der Waals surface area contributed by atoms with E-state index < -0.39 is 0 Å². The number of carbonyl (C=O) groups is 1. The minimum absolute atomic E-state index is 0.254. The van der Waals surface area contributed by atoms with Gasteiger partial charge in [0.2, 0.25) is 0 Å². The molecule has 0 saturated carbocycles. The van der Waals surface area contributed by atoms with Crippen LogP contribution in [0.2, 0.25) is 5.02 Å². The third-order valence-electron chi connectivity index (χ3n) is 2.24. The molecular formula is C12H16ClNO. The first-order chi connectivity index (χ1) is 7.13. The molecule has 1 aromatic rings. The largest absolute Gasteiger partial charge is 0.298 e. The van der Waals surface area contributed by atoms with Crippen molar-refractivity contribution in [1.29, 1.82) is 0 Å². The van der Waals surface area contributed by atoms with Gasteiger partial charge in [0, 0.05) is 18.0 Å². The molecule has 0 aromatic heterocycles. The number of Topliss-reactive ketones (excluding diaryl/α,β-unsaturated/α-hetero) is 1. The van der Waals surface area contributed by atoms with Crippen LogP contribution >= 0.6 is 11.6 Å². The molecule has 3 heteroatoms. The maximum Gasteiger partial charge on any atom is 0.146 e. The Morgan fingerprint density at radius 1 is 1.40 bits per heavy atom. The summed E-state index contributed by atoms with van der Waals surface area (Å²) in [5.41, 5.74) is 1.06. The quantitative estimate of drug-likeness (QED) is 0.768. The van der Waals surface area contributed by atoms with Crippen LogP contribution in [0.1, 0.15) is 18.9 Å². The van der Waals surface area contributed by atoms with Gasteiger partial charge in [-0.2, -0.15) is 0 Å². The molecule has 1 aromatic carbocycles. The van der Waals surface area contributed by atoms with E-state index in [4.69, 9.17) is 11.6 Å². The number of hydrogen-bond acceptors (Lipinski definition) is 2. The van der Waals surface area contributed by atoms with Crippen LogP contribution in [0.3, 0.4) is 0 Å². The zero-order valence-electron chi connectivity index (χ0n) is 9.16. The highest BCUT2D eigenvalue weighted by Gasteiger charge is 2.06. The normalized spacial score (nSPS) is 10.7. The Balaban J connectivity index is 2.55. The molecule has 0 spiro atoms. The number of benzene rings is 1. The van der Waals surface area contributed by atoms with Crippen molar-refractivity contribution in [2.24, 2.45) is 0 Å². The van der Waals surface area contributed by atoms with Crippen LogP contribution in [0, 0.1) is 0 Å². The zero-order chi connectivity index (χ0) is 11.3. The van der Waals surface area contributed by atoms with Crippen LogP contribution in [-0.4, -0.2) is 24.3 Å². The molecule has 82 valence electrons. The van der Waals surface area contributed by atoms with Gasteiger partial charge in [-0.1, -0.05) is 36.7 Å². The lowest BCUT2D eigenvalue weighted by atomic mass is 10.2. The van der Waals surface area contributed by atoms with Crippen molar-refractivity contribution in [3.63, 3.8) is 0 Å². The minimum Gasteiger partial charge on any atom is -0.298 e. The Morgan fingerprint density at radius 3 is 2.67 bits per heavy atom. The number of ketones is 1. The van der Waals surface area contributed by atoms with Crippen LogP contribution in [0.5, 0.6) is 0 Å². The van der Waals surface area contributed by atoms with E-state index >= 15 is 0 Å². The summed E-state index contributed by atoms with van der Waals surface area (Å²) < 4.78 is 0. The Bertz CT molecular complexity index is 338. The van der Waals surface area contributed by atoms with E-state index in [9.17, 15) is 4.79 Å². The van der Waals surface area contributed by atoms with Crippen molar-refractivity contribution in [3.8, 4) is 0 Å². The van der Waals surface area contributed by atoms with Crippen LogP contribution in [0.4, 0.5) is 0 Å². The maximum absolute atomic E-state index is 11.2. The van der Waals surface area contributed by atoms with Gasteiger partial charge in [0.15, 0.2) is 0 Å². The molecule has 1 rings (SSSR count). The second-order valence-electron chi connectivity index (χ2n) is 3.66. The maximum atomic E-state index is 11.2. The van der Waals surface area contributed by atoms with Gasteiger partial charge in [0.05, 0.1) is 6.54 Å². The molecule has 0 atom stereocenters. The molecule has 0 aliphatic carbocycles. The fraction of sp³-hybridized carbons (Fsp3) is 0.417. The SMILES string of the molecule is CCC(=O)CN(C)Cc1ccccc1Cl. The lowest BCUT2D eigenvalue weighted by molar-refractivity contribution is -0.119. The average molecular weight is 226 g/mol. The van der Waals surface area contributed by atoms with Crippen LogP contribution < -0.4 is 0 Å². The second kappa shape index (κ2) is 5.89. The number of likely N-dealkylation sites (N-methyl/N-ethyl adjacent to an activating group) is 1. The molecule has 0 saturated heterocycles. The molecule has 0 N–H and O–H groups in total. The number of nitrogens with zero attached hydrogens (tertiary/aromatic N) is 1. The molecule has 0 aliphatic rings. The summed E-state index contributed by atoms with van der Waals surface area (Å²) in [6.45, 7) is 3.08. The molecule has 0 amide bonds. The third kappa shape index (κ3) is 4.02. The molecular weight excluding hydrogens is 210 g/mol. The predicted molar refractivity (Wildman–Crippen MR) is 63.1 cm³/mol. The van der Waals surface area contributed by atoms with Gasteiger partial charge in [-0.3, -0.25) is 9.69 Å². The number of hydrogen-bond donors (Lipinski definition) is 0. The van der Waals surface area contributed by atoms with E-state index in [1.54, 1.807) is 0 Å². The van der Waals surface area contributed by atoms with Gasteiger partial charge >= 0.3 is 0 Å². The van der Waals surface area contributed by atoms with Crippen molar-refractivity contribution in [3.05, 3.63) is 34.9 Å². The summed E-state index contributed by atoms with van der Waals surface area (Å²) in [5.74, 6) is 0.254. The van der Waals surface area contributed by atoms with Gasteiger partial charge in [-0.15, -0.1) is 0 Å². The lowest BCUT2D eigenvalue weighted by Gasteiger charge is -2.16. The van der Waals surface area contributed by atoms with E-state index in [1.165, 1.54) is 0 Å². The standard InChI is InChI=1S/C12H16ClNO/c1-3-11(15)9-14(2)8-10-6-4-5-7-12(10)13/h4-7H,3,8-9H2,1-2H3. The van der Waals surface area contributed by atoms with E-state index in [1.807, 2.05) is 43.1 Å². The van der Waals surface area contributed by atoms with Gasteiger partial charge in [-0.05, 0) is 18.7 Å². The monoisotopic (exact) mass is 225 g/mol. The highest BCUT2D eigenvalue weighted by Crippen LogP contribution is 2.16. The van der Waals surface area contributed by atoms with E-state index in [0.29, 0.717) is 19.5 Å². The fourth-order valence-electron chi connectivity index (χ4n) is 1.39. The summed E-state index contributed by atoms with van der Waals surface area (Å²) in [7, 11) is 1.93. The van der Waals surface area contributed by atoms with Crippen LogP contribution in [-0.2, 0) is 11.3 Å². The summed E-state index contributed by atoms with van der Waals surface area (Å²) >= 11 is 6.03. The topological polar surface area (TPSA) is 20.3 Å². The molecule has 0 aliphatic heterocycles. The first-order valence-electron chi connectivity index (χ1n) is 5.07. The van der Waals surface area contributed by atoms with Crippen LogP contribution in [0.25, 0.3) is 0 Å². The summed E-state index contributed by atoms with van der Waals surface area (Å²) in [6, 6.07) is 7.71. The summed E-state index contributed by atoms with van der Waals surface area (Å²) in [6.07, 6.45) is 0.590. The minimum atomic E-state index is 0.254. The number of rotatable bonds is 5. The van der Waals surface area contributed by atoms with Crippen molar-refractivity contribution < 1.29 is 4.79 Å². The molecule has 0 fully saturated rings. The highest BCUT2D eigenvalue weighted by atomic mass is 35.5. The van der Waals surface area contributed by atoms with Gasteiger partial charge in [-0.25, -0.2) is 0 Å². The Morgan fingerprint density at radius 2 is 2.07 bits per heavy atom. The molecule has 15 heavy (non-hydrogen) atoms. The number of carbonyl (C=O) groups excluding carboxylic acids is 1. The summed E-state index contributed by atoms with van der Waals surface area (Å²) in [4.78, 5) is 13.2. The van der Waals surface area contributed by atoms with Crippen LogP contribution in [0.15, 0.2) is 24.3 Å². The lowest BCUT2D eigenvalue weighted by Crippen LogP contribution is -2.25. The smallest absolute Gasteiger partial charge is 0.146 e. The molecule has 0 bridgehead atoms. The van der Waals surface area contributed by atoms with Gasteiger partial charge in [0.25, 0.3) is 0 Å². The number of halogens is 1. The Hall–Kier alpha value is -0.860. The highest BCUT2D eigenvalue weighted by molar-refractivity contribution is 6.31. The molecule has 0 radical (unpaired) electrons. The Labute approximate surface area is 95.8 Å². The second-order valence-corrected chi connectivity index (χ2v) is 4.06. The Kier molecular flexibility index (Phi) is 4.79. The molecule has 0 unspecified atom stereocenters. The first kappa shape index (κ1) is 12.2. The van der Waals surface area contributed by atoms with Crippen molar-refractivity contribution in [2.75, 3.05) is 13.6 Å². The zero-order valence-corrected chi connectivity index (χ0v) is 9.92. The molecule has 2 nitrogen and oxygen atoms in total. The van der Waals surface area contributed by atoms with Gasteiger partial charge in [0.1, 0.15) is 5.78 Å². The van der Waals surface area contributed by atoms with Crippen molar-refractivity contribution >= 4 is 17.4 Å². The van der Waals surface area contributed by atoms with E-state index in [2.05, 4.69) is 0 Å². The summed E-state index contributed by atoms with van der Waals surface area (Å²) in [5, 5.41) is 0.758. The van der Waals surface area contributed by atoms with Crippen molar-refractivity contribution in [2.45, 2.75) is 19.9 Å². The fourth-order valence-corrected chi connectivity index (χ4v) is 1.58. The van der Waals surface area contributed by atoms with E-state index in [-0.39, 0.29) is 5.78 Å². The molecule has 0 heterocycles. The predicted octanol–water partition coefficient (Wildman–Crippen LogP) is 2.75. The van der Waals surface area contributed by atoms with Crippen molar-refractivity contribution in [1.82, 2.24) is 4.90 Å². The van der Waals surface area contributed by atoms with E-state index in [0.717, 1.165) is 10.6 Å². The third-order valence-corrected chi connectivity index (χ3v) is 2.61. The average Bonchev–Trinajstić information content (AvgIpc) is 2.21.